The summed E-state index contributed by atoms with van der Waals surface area (Å²) < 4.78 is 1.49. The van der Waals surface area contributed by atoms with Gasteiger partial charge in [-0.05, 0) is 30.2 Å². The molecule has 23 heavy (non-hydrogen) atoms. The summed E-state index contributed by atoms with van der Waals surface area (Å²) in [5.41, 5.74) is 3.40. The molecule has 2 heterocycles. The molecule has 0 unspecified atom stereocenters. The molecule has 0 spiro atoms. The van der Waals surface area contributed by atoms with Crippen molar-refractivity contribution in [3.8, 4) is 16.9 Å². The predicted molar refractivity (Wildman–Crippen MR) is 91.9 cm³/mol. The number of pyridine rings is 1. The SMILES string of the molecule is Cc1cc(-n2[nH]cc(-c3ccccc3)c2=O)nc2ccccc12. The van der Waals surface area contributed by atoms with Gasteiger partial charge >= 0.3 is 0 Å². The van der Waals surface area contributed by atoms with Gasteiger partial charge < -0.3 is 0 Å². The number of aromatic amines is 1. The third kappa shape index (κ3) is 2.25. The highest BCUT2D eigenvalue weighted by molar-refractivity contribution is 5.82. The average Bonchev–Trinajstić information content (AvgIpc) is 2.97. The number of benzene rings is 2. The largest absolute Gasteiger partial charge is 0.296 e. The van der Waals surface area contributed by atoms with Crippen LogP contribution in [0.4, 0.5) is 0 Å². The Morgan fingerprint density at radius 1 is 1.00 bits per heavy atom. The molecular weight excluding hydrogens is 286 g/mol. The molecule has 0 aliphatic rings. The molecule has 2 aromatic carbocycles. The number of rotatable bonds is 2. The lowest BCUT2D eigenvalue weighted by molar-refractivity contribution is 0.823. The topological polar surface area (TPSA) is 50.7 Å². The van der Waals surface area contributed by atoms with Gasteiger partial charge in [0.2, 0.25) is 0 Å². The van der Waals surface area contributed by atoms with Crippen molar-refractivity contribution in [2.45, 2.75) is 6.92 Å². The molecule has 0 amide bonds. The Kier molecular flexibility index (Phi) is 3.08. The van der Waals surface area contributed by atoms with Crippen molar-refractivity contribution < 1.29 is 0 Å². The molecular formula is C19H15N3O. The maximum Gasteiger partial charge on any atom is 0.280 e. The van der Waals surface area contributed by atoms with Crippen LogP contribution in [0.25, 0.3) is 27.8 Å². The molecule has 1 N–H and O–H groups in total. The van der Waals surface area contributed by atoms with Crippen LogP contribution in [0.1, 0.15) is 5.56 Å². The lowest BCUT2D eigenvalue weighted by atomic mass is 10.1. The zero-order valence-corrected chi connectivity index (χ0v) is 12.7. The molecule has 0 atom stereocenters. The summed E-state index contributed by atoms with van der Waals surface area (Å²) in [5.74, 6) is 0.605. The van der Waals surface area contributed by atoms with Gasteiger partial charge in [0, 0.05) is 11.6 Å². The Balaban J connectivity index is 1.89. The molecule has 0 bridgehead atoms. The maximum absolute atomic E-state index is 12.7. The molecule has 0 fully saturated rings. The minimum atomic E-state index is -0.0987. The summed E-state index contributed by atoms with van der Waals surface area (Å²) in [7, 11) is 0. The van der Waals surface area contributed by atoms with Crippen molar-refractivity contribution in [2.75, 3.05) is 0 Å². The summed E-state index contributed by atoms with van der Waals surface area (Å²) in [6.45, 7) is 2.03. The third-order valence-electron chi connectivity index (χ3n) is 3.99. The van der Waals surface area contributed by atoms with E-state index in [9.17, 15) is 4.79 Å². The van der Waals surface area contributed by atoms with Crippen LogP contribution in [0.15, 0.2) is 71.7 Å². The molecule has 4 aromatic rings. The first-order chi connectivity index (χ1) is 11.2. The lowest BCUT2D eigenvalue weighted by Crippen LogP contribution is -2.17. The van der Waals surface area contributed by atoms with Crippen molar-refractivity contribution >= 4 is 10.9 Å². The molecule has 0 aliphatic carbocycles. The number of nitrogens with zero attached hydrogens (tertiary/aromatic N) is 2. The minimum Gasteiger partial charge on any atom is -0.296 e. The lowest BCUT2D eigenvalue weighted by Gasteiger charge is -2.06. The van der Waals surface area contributed by atoms with Crippen LogP contribution >= 0.6 is 0 Å². The molecule has 4 rings (SSSR count). The molecule has 4 heteroatoms. The van der Waals surface area contributed by atoms with Gasteiger partial charge in [-0.1, -0.05) is 48.5 Å². The van der Waals surface area contributed by atoms with E-state index in [1.165, 1.54) is 4.68 Å². The van der Waals surface area contributed by atoms with Gasteiger partial charge in [0.1, 0.15) is 0 Å². The number of aryl methyl sites for hydroxylation is 1. The normalized spacial score (nSPS) is 11.0. The van der Waals surface area contributed by atoms with Gasteiger partial charge in [-0.3, -0.25) is 9.89 Å². The van der Waals surface area contributed by atoms with Gasteiger partial charge in [0.05, 0.1) is 11.1 Å². The van der Waals surface area contributed by atoms with E-state index in [2.05, 4.69) is 10.1 Å². The fraction of sp³-hybridized carbons (Fsp3) is 0.0526. The van der Waals surface area contributed by atoms with Crippen molar-refractivity contribution in [2.24, 2.45) is 0 Å². The van der Waals surface area contributed by atoms with E-state index in [4.69, 9.17) is 0 Å². The summed E-state index contributed by atoms with van der Waals surface area (Å²) in [6.07, 6.45) is 1.73. The second-order valence-electron chi connectivity index (χ2n) is 5.51. The Morgan fingerprint density at radius 2 is 1.74 bits per heavy atom. The van der Waals surface area contributed by atoms with Crippen LogP contribution in [0, 0.1) is 6.92 Å². The van der Waals surface area contributed by atoms with Gasteiger partial charge in [-0.25, -0.2) is 9.67 Å². The van der Waals surface area contributed by atoms with Crippen molar-refractivity contribution in [1.29, 1.82) is 0 Å². The number of aromatic nitrogens is 3. The van der Waals surface area contributed by atoms with Crippen molar-refractivity contribution in [3.05, 3.63) is 82.8 Å². The number of hydrogen-bond acceptors (Lipinski definition) is 2. The van der Waals surface area contributed by atoms with Crippen LogP contribution in [-0.4, -0.2) is 14.8 Å². The van der Waals surface area contributed by atoms with Crippen LogP contribution in [0.2, 0.25) is 0 Å². The van der Waals surface area contributed by atoms with Crippen LogP contribution < -0.4 is 5.56 Å². The molecule has 0 radical (unpaired) electrons. The highest BCUT2D eigenvalue weighted by Gasteiger charge is 2.11. The molecule has 0 saturated carbocycles. The van der Waals surface area contributed by atoms with Gasteiger partial charge in [0.15, 0.2) is 5.82 Å². The minimum absolute atomic E-state index is 0.0987. The highest BCUT2D eigenvalue weighted by atomic mass is 16.1. The molecule has 0 saturated heterocycles. The van der Waals surface area contributed by atoms with Gasteiger partial charge in [-0.2, -0.15) is 0 Å². The summed E-state index contributed by atoms with van der Waals surface area (Å²) in [5, 5.41) is 4.12. The predicted octanol–water partition coefficient (Wildman–Crippen LogP) is 3.69. The van der Waals surface area contributed by atoms with Crippen LogP contribution in [0.3, 0.4) is 0 Å². The molecule has 112 valence electrons. The van der Waals surface area contributed by atoms with Crippen LogP contribution in [-0.2, 0) is 0 Å². The third-order valence-corrected chi connectivity index (χ3v) is 3.99. The number of para-hydroxylation sites is 1. The Bertz CT molecular complexity index is 1050. The van der Waals surface area contributed by atoms with Crippen LogP contribution in [0.5, 0.6) is 0 Å². The zero-order valence-electron chi connectivity index (χ0n) is 12.7. The first kappa shape index (κ1) is 13.5. The average molecular weight is 301 g/mol. The Labute approximate surface area is 133 Å². The van der Waals surface area contributed by atoms with E-state index in [0.717, 1.165) is 22.0 Å². The van der Waals surface area contributed by atoms with Gasteiger partial charge in [0.25, 0.3) is 5.56 Å². The number of nitrogens with one attached hydrogen (secondary N) is 1. The van der Waals surface area contributed by atoms with Gasteiger partial charge in [-0.15, -0.1) is 0 Å². The summed E-state index contributed by atoms with van der Waals surface area (Å²) >= 11 is 0. The number of H-pyrrole nitrogens is 1. The van der Waals surface area contributed by atoms with E-state index in [1.54, 1.807) is 6.20 Å². The first-order valence-corrected chi connectivity index (χ1v) is 7.46. The van der Waals surface area contributed by atoms with E-state index < -0.39 is 0 Å². The fourth-order valence-electron chi connectivity index (χ4n) is 2.81. The zero-order chi connectivity index (χ0) is 15.8. The van der Waals surface area contributed by atoms with E-state index in [1.807, 2.05) is 67.6 Å². The smallest absolute Gasteiger partial charge is 0.280 e. The fourth-order valence-corrected chi connectivity index (χ4v) is 2.81. The standard InChI is InChI=1S/C19H15N3O/c1-13-11-18(21-17-10-6-5-9-15(13)17)22-19(23)16(12-20-22)14-7-3-2-4-8-14/h2-12,20H,1H3. The Hall–Kier alpha value is -3.14. The molecule has 0 aliphatic heterocycles. The van der Waals surface area contributed by atoms with E-state index >= 15 is 0 Å². The summed E-state index contributed by atoms with van der Waals surface area (Å²) in [6, 6.07) is 19.5. The van der Waals surface area contributed by atoms with Crippen molar-refractivity contribution in [1.82, 2.24) is 14.8 Å². The monoisotopic (exact) mass is 301 g/mol. The quantitative estimate of drug-likeness (QED) is 0.614. The number of hydrogen-bond donors (Lipinski definition) is 1. The van der Waals surface area contributed by atoms with E-state index in [0.29, 0.717) is 11.4 Å². The van der Waals surface area contributed by atoms with E-state index in [-0.39, 0.29) is 5.56 Å². The molecule has 2 aromatic heterocycles. The Morgan fingerprint density at radius 3 is 2.57 bits per heavy atom. The highest BCUT2D eigenvalue weighted by Crippen LogP contribution is 2.19. The second-order valence-corrected chi connectivity index (χ2v) is 5.51. The first-order valence-electron chi connectivity index (χ1n) is 7.46. The van der Waals surface area contributed by atoms with Crippen molar-refractivity contribution in [3.63, 3.8) is 0 Å². The number of fused-ring (bicyclic) bond motifs is 1. The summed E-state index contributed by atoms with van der Waals surface area (Å²) in [4.78, 5) is 17.3. The maximum atomic E-state index is 12.7. The molecule has 4 nitrogen and oxygen atoms in total. The second kappa shape index (κ2) is 5.25.